The minimum atomic E-state index is -1.05. The molecule has 0 fully saturated rings. The van der Waals surface area contributed by atoms with E-state index in [1.54, 1.807) is 18.5 Å². The lowest BCUT2D eigenvalue weighted by Gasteiger charge is -2.33. The third kappa shape index (κ3) is 2.24. The lowest BCUT2D eigenvalue weighted by Crippen LogP contribution is -2.38. The molecule has 0 saturated carbocycles. The summed E-state index contributed by atoms with van der Waals surface area (Å²) in [5.74, 6) is -0.237. The van der Waals surface area contributed by atoms with Gasteiger partial charge in [0.05, 0.1) is 6.26 Å². The van der Waals surface area contributed by atoms with Crippen molar-refractivity contribution in [3.05, 3.63) is 77.3 Å². The van der Waals surface area contributed by atoms with E-state index >= 15 is 0 Å². The van der Waals surface area contributed by atoms with E-state index in [0.29, 0.717) is 5.02 Å². The number of hydrogen-bond acceptors (Lipinski definition) is 3. The Hall–Kier alpha value is -2.13. The number of ether oxygens (including phenoxy) is 1. The van der Waals surface area contributed by atoms with Crippen LogP contribution < -0.4 is 0 Å². The lowest BCUT2D eigenvalue weighted by molar-refractivity contribution is -0.132. The van der Waals surface area contributed by atoms with Crippen LogP contribution in [0.4, 0.5) is 0 Å². The Bertz CT molecular complexity index is 682. The zero-order valence-corrected chi connectivity index (χ0v) is 12.2. The van der Waals surface area contributed by atoms with Gasteiger partial charge in [0.1, 0.15) is 0 Å². The van der Waals surface area contributed by atoms with Gasteiger partial charge in [0.2, 0.25) is 11.4 Å². The number of nitrogens with zero attached hydrogens (tertiary/aromatic N) is 1. The summed E-state index contributed by atoms with van der Waals surface area (Å²) >= 11 is 5.94. The Morgan fingerprint density at radius 3 is 2.57 bits per heavy atom. The summed E-state index contributed by atoms with van der Waals surface area (Å²) in [4.78, 5) is 16.6. The molecule has 1 aromatic heterocycles. The molecule has 2 heterocycles. The molecule has 2 atom stereocenters. The molecule has 4 heteroatoms. The average molecular weight is 300 g/mol. The van der Waals surface area contributed by atoms with Crippen molar-refractivity contribution >= 4 is 17.4 Å². The molecule has 0 amide bonds. The summed E-state index contributed by atoms with van der Waals surface area (Å²) in [5, 5.41) is 0.665. The van der Waals surface area contributed by atoms with Crippen molar-refractivity contribution in [2.24, 2.45) is 0 Å². The van der Waals surface area contributed by atoms with Crippen molar-refractivity contribution in [2.75, 3.05) is 0 Å². The van der Waals surface area contributed by atoms with E-state index in [1.807, 2.05) is 37.3 Å². The molecule has 21 heavy (non-hydrogen) atoms. The Labute approximate surface area is 128 Å². The zero-order chi connectivity index (χ0) is 14.9. The van der Waals surface area contributed by atoms with E-state index in [2.05, 4.69) is 4.98 Å². The van der Waals surface area contributed by atoms with Crippen LogP contribution in [-0.4, -0.2) is 10.8 Å². The van der Waals surface area contributed by atoms with E-state index in [9.17, 15) is 4.79 Å². The number of carbonyl (C=O) groups is 1. The highest BCUT2D eigenvalue weighted by Crippen LogP contribution is 2.43. The summed E-state index contributed by atoms with van der Waals surface area (Å²) in [6, 6.07) is 11.1. The Kier molecular flexibility index (Phi) is 3.52. The van der Waals surface area contributed by atoms with Gasteiger partial charge in [0, 0.05) is 35.0 Å². The van der Waals surface area contributed by atoms with Crippen LogP contribution in [0.15, 0.2) is 61.1 Å². The van der Waals surface area contributed by atoms with E-state index in [4.69, 9.17) is 16.3 Å². The second-order valence-electron chi connectivity index (χ2n) is 5.04. The van der Waals surface area contributed by atoms with E-state index in [0.717, 1.165) is 11.1 Å². The smallest absolute Gasteiger partial charge is 0.207 e. The fourth-order valence-corrected chi connectivity index (χ4v) is 2.86. The van der Waals surface area contributed by atoms with E-state index in [-0.39, 0.29) is 11.7 Å². The average Bonchev–Trinajstić information content (AvgIpc) is 2.91. The van der Waals surface area contributed by atoms with Gasteiger partial charge < -0.3 is 4.74 Å². The summed E-state index contributed by atoms with van der Waals surface area (Å²) in [6.07, 6.45) is 6.29. The zero-order valence-electron chi connectivity index (χ0n) is 11.5. The standard InChI is InChI=1S/C17H14ClNO2/c1-12(13-4-6-15(18)7-5-13)17(16(20)8-10-21-17)14-3-2-9-19-11-14/h2-12H,1H3. The highest BCUT2D eigenvalue weighted by molar-refractivity contribution is 6.30. The lowest BCUT2D eigenvalue weighted by atomic mass is 9.76. The maximum absolute atomic E-state index is 12.5. The van der Waals surface area contributed by atoms with Gasteiger partial charge in [-0.15, -0.1) is 0 Å². The molecule has 0 radical (unpaired) electrons. The van der Waals surface area contributed by atoms with E-state index < -0.39 is 5.60 Å². The van der Waals surface area contributed by atoms with Crippen LogP contribution in [0, 0.1) is 0 Å². The molecular formula is C17H14ClNO2. The van der Waals surface area contributed by atoms with Gasteiger partial charge in [-0.1, -0.05) is 36.7 Å². The molecule has 0 saturated heterocycles. The van der Waals surface area contributed by atoms with Gasteiger partial charge in [-0.25, -0.2) is 0 Å². The van der Waals surface area contributed by atoms with Crippen molar-refractivity contribution in [1.82, 2.24) is 4.98 Å². The fourth-order valence-electron chi connectivity index (χ4n) is 2.73. The van der Waals surface area contributed by atoms with Crippen LogP contribution >= 0.6 is 11.6 Å². The minimum Gasteiger partial charge on any atom is -0.481 e. The highest BCUT2D eigenvalue weighted by atomic mass is 35.5. The van der Waals surface area contributed by atoms with E-state index in [1.165, 1.54) is 12.3 Å². The van der Waals surface area contributed by atoms with Gasteiger partial charge >= 0.3 is 0 Å². The first-order valence-electron chi connectivity index (χ1n) is 6.69. The number of aromatic nitrogens is 1. The highest BCUT2D eigenvalue weighted by Gasteiger charge is 2.49. The molecule has 2 aromatic rings. The van der Waals surface area contributed by atoms with Crippen molar-refractivity contribution in [1.29, 1.82) is 0 Å². The predicted molar refractivity (Wildman–Crippen MR) is 81.0 cm³/mol. The fraction of sp³-hybridized carbons (Fsp3) is 0.176. The Morgan fingerprint density at radius 2 is 2.00 bits per heavy atom. The molecule has 3 rings (SSSR count). The monoisotopic (exact) mass is 299 g/mol. The van der Waals surface area contributed by atoms with Crippen LogP contribution in [0.25, 0.3) is 0 Å². The van der Waals surface area contributed by atoms with Crippen LogP contribution in [0.5, 0.6) is 0 Å². The summed E-state index contributed by atoms with van der Waals surface area (Å²) in [5.41, 5.74) is 0.685. The number of halogens is 1. The quantitative estimate of drug-likeness (QED) is 0.864. The summed E-state index contributed by atoms with van der Waals surface area (Å²) in [6.45, 7) is 1.97. The molecule has 0 bridgehead atoms. The molecule has 2 unspecified atom stereocenters. The number of rotatable bonds is 3. The number of pyridine rings is 1. The second-order valence-corrected chi connectivity index (χ2v) is 5.47. The molecule has 0 aliphatic carbocycles. The predicted octanol–water partition coefficient (Wildman–Crippen LogP) is 3.85. The van der Waals surface area contributed by atoms with Crippen molar-refractivity contribution < 1.29 is 9.53 Å². The van der Waals surface area contributed by atoms with Crippen molar-refractivity contribution in [3.63, 3.8) is 0 Å². The third-order valence-electron chi connectivity index (χ3n) is 3.91. The number of benzene rings is 1. The molecule has 0 N–H and O–H groups in total. The maximum atomic E-state index is 12.5. The Balaban J connectivity index is 2.09. The first-order valence-corrected chi connectivity index (χ1v) is 7.07. The van der Waals surface area contributed by atoms with Gasteiger partial charge in [0.25, 0.3) is 0 Å². The summed E-state index contributed by atoms with van der Waals surface area (Å²) in [7, 11) is 0. The Morgan fingerprint density at radius 1 is 1.24 bits per heavy atom. The van der Waals surface area contributed by atoms with Crippen LogP contribution in [0.1, 0.15) is 24.0 Å². The molecular weight excluding hydrogens is 286 g/mol. The van der Waals surface area contributed by atoms with Gasteiger partial charge in [-0.2, -0.15) is 0 Å². The van der Waals surface area contributed by atoms with Gasteiger partial charge in [-0.05, 0) is 23.8 Å². The second kappa shape index (κ2) is 5.34. The normalized spacial score (nSPS) is 22.1. The van der Waals surface area contributed by atoms with Crippen molar-refractivity contribution in [3.8, 4) is 0 Å². The van der Waals surface area contributed by atoms with Gasteiger partial charge in [0.15, 0.2) is 0 Å². The van der Waals surface area contributed by atoms with Crippen molar-refractivity contribution in [2.45, 2.75) is 18.4 Å². The van der Waals surface area contributed by atoms with Crippen LogP contribution in [0.2, 0.25) is 5.02 Å². The third-order valence-corrected chi connectivity index (χ3v) is 4.16. The molecule has 106 valence electrons. The number of ketones is 1. The summed E-state index contributed by atoms with van der Waals surface area (Å²) < 4.78 is 5.78. The molecule has 1 aromatic carbocycles. The number of hydrogen-bond donors (Lipinski definition) is 0. The molecule has 0 spiro atoms. The van der Waals surface area contributed by atoms with Crippen LogP contribution in [-0.2, 0) is 15.1 Å². The number of carbonyl (C=O) groups excluding carboxylic acids is 1. The topological polar surface area (TPSA) is 39.2 Å². The van der Waals surface area contributed by atoms with Crippen LogP contribution in [0.3, 0.4) is 0 Å². The molecule has 1 aliphatic rings. The molecule has 1 aliphatic heterocycles. The largest absolute Gasteiger partial charge is 0.481 e. The minimum absolute atomic E-state index is 0.0713. The maximum Gasteiger partial charge on any atom is 0.207 e. The van der Waals surface area contributed by atoms with Gasteiger partial charge in [-0.3, -0.25) is 9.78 Å². The first-order chi connectivity index (χ1) is 10.1. The molecule has 3 nitrogen and oxygen atoms in total. The first kappa shape index (κ1) is 13.8. The SMILES string of the molecule is CC(c1ccc(Cl)cc1)C1(c2cccnc2)OC=CC1=O.